The average molecular weight is 1380 g/mol. The van der Waals surface area contributed by atoms with E-state index in [0.29, 0.717) is 63.7 Å². The molecule has 4 aliphatic heterocycles. The summed E-state index contributed by atoms with van der Waals surface area (Å²) in [7, 11) is 8.38. The number of rotatable bonds is 14. The summed E-state index contributed by atoms with van der Waals surface area (Å²) < 4.78 is 61.4. The molecule has 3 N–H and O–H groups in total. The fourth-order valence-electron chi connectivity index (χ4n) is 12.9. The first-order chi connectivity index (χ1) is 45.6. The van der Waals surface area contributed by atoms with Gasteiger partial charge < -0.3 is 64.8 Å². The molecule has 1 aromatic carbocycles. The zero-order valence-electron chi connectivity index (χ0n) is 59.3. The minimum atomic E-state index is -4.99. The molecule has 0 spiro atoms. The Balaban J connectivity index is 1.53. The summed E-state index contributed by atoms with van der Waals surface area (Å²) in [4.78, 5) is 186. The van der Waals surface area contributed by atoms with Gasteiger partial charge in [-0.15, -0.1) is 0 Å². The quantitative estimate of drug-likeness (QED) is 0.177. The van der Waals surface area contributed by atoms with Gasteiger partial charge >= 0.3 is 6.18 Å². The molecule has 0 aromatic heterocycles. The number of carbonyl (C=O) groups excluding carboxylic acids is 12. The van der Waals surface area contributed by atoms with Gasteiger partial charge in [0.25, 0.3) is 0 Å². The van der Waals surface area contributed by atoms with Crippen LogP contribution in [0.3, 0.4) is 0 Å². The second-order valence-electron chi connectivity index (χ2n) is 27.2. The van der Waals surface area contributed by atoms with Crippen molar-refractivity contribution in [2.45, 2.75) is 212 Å². The summed E-state index contributed by atoms with van der Waals surface area (Å²) in [5.41, 5.74) is -1.44. The van der Waals surface area contributed by atoms with Crippen LogP contribution < -0.4 is 16.0 Å². The van der Waals surface area contributed by atoms with E-state index in [1.165, 1.54) is 78.6 Å². The minimum Gasteiger partial charge on any atom is -0.379 e. The van der Waals surface area contributed by atoms with Gasteiger partial charge in [0.15, 0.2) is 0 Å². The number of halogens is 4. The molecule has 11 atom stereocenters. The number of likely N-dealkylation sites (N-methyl/N-ethyl adjacent to an activating group) is 6. The highest BCUT2D eigenvalue weighted by atomic mass is 19.4. The average Bonchev–Trinajstić information content (AvgIpc) is 1.35. The van der Waals surface area contributed by atoms with Crippen LogP contribution in [0.15, 0.2) is 18.2 Å². The highest BCUT2D eigenvalue weighted by molar-refractivity contribution is 5.99. The van der Waals surface area contributed by atoms with E-state index < -0.39 is 168 Å². The molecule has 4 heterocycles. The van der Waals surface area contributed by atoms with Crippen LogP contribution in [0.5, 0.6) is 0 Å². The first-order valence-electron chi connectivity index (χ1n) is 34.4. The number of aryl methyl sites for hydroxylation is 1. The molecule has 544 valence electrons. The molecule has 0 saturated carbocycles. The summed E-state index contributed by atoms with van der Waals surface area (Å²) in [6.45, 7) is 14.4. The number of alkyl halides is 3. The molecular formula is C68H106F4N12O13. The minimum absolute atomic E-state index is 0.0582. The second kappa shape index (κ2) is 36.4. The molecule has 0 radical (unpaired) electrons. The molecule has 12 amide bonds. The van der Waals surface area contributed by atoms with Crippen LogP contribution in [-0.4, -0.2) is 264 Å². The van der Waals surface area contributed by atoms with Crippen molar-refractivity contribution in [2.24, 2.45) is 17.8 Å². The van der Waals surface area contributed by atoms with Gasteiger partial charge in [-0.05, 0) is 113 Å². The van der Waals surface area contributed by atoms with Crippen LogP contribution in [0.1, 0.15) is 156 Å². The lowest BCUT2D eigenvalue weighted by Gasteiger charge is -2.45. The number of fused-ring (bicyclic) bond motifs is 2. The van der Waals surface area contributed by atoms with Gasteiger partial charge in [-0.1, -0.05) is 67.4 Å². The largest absolute Gasteiger partial charge is 0.419 e. The molecular weight excluding hydrogens is 1270 g/mol. The smallest absolute Gasteiger partial charge is 0.379 e. The van der Waals surface area contributed by atoms with Crippen LogP contribution in [-0.2, 0) is 74.9 Å². The Morgan fingerprint density at radius 1 is 0.649 bits per heavy atom. The van der Waals surface area contributed by atoms with E-state index in [9.17, 15) is 75.1 Å². The lowest BCUT2D eigenvalue weighted by molar-refractivity contribution is -0.161. The van der Waals surface area contributed by atoms with E-state index >= 15 is 0 Å². The highest BCUT2D eigenvalue weighted by Crippen LogP contribution is 2.33. The maximum atomic E-state index is 15.0. The number of nitrogens with one attached hydrogen (secondary N) is 3. The predicted molar refractivity (Wildman–Crippen MR) is 351 cm³/mol. The number of carbonyl (C=O) groups is 12. The molecule has 4 aliphatic rings. The Morgan fingerprint density at radius 2 is 1.30 bits per heavy atom. The van der Waals surface area contributed by atoms with E-state index in [1.54, 1.807) is 18.7 Å². The van der Waals surface area contributed by atoms with Gasteiger partial charge in [-0.25, -0.2) is 4.39 Å². The monoisotopic (exact) mass is 1370 g/mol. The Kier molecular flexibility index (Phi) is 30.1. The zero-order valence-corrected chi connectivity index (χ0v) is 59.3. The summed E-state index contributed by atoms with van der Waals surface area (Å²) in [6, 6.07) is -8.71. The maximum absolute atomic E-state index is 15.0. The number of likely N-dealkylation sites (tertiary alicyclic amines) is 1. The number of nitrogens with zero attached hydrogens (tertiary/aromatic N) is 9. The van der Waals surface area contributed by atoms with Gasteiger partial charge in [-0.3, -0.25) is 57.5 Å². The first-order valence-corrected chi connectivity index (χ1v) is 34.4. The summed E-state index contributed by atoms with van der Waals surface area (Å²) in [6.07, 6.45) is -1.92. The van der Waals surface area contributed by atoms with Crippen LogP contribution in [0.2, 0.25) is 0 Å². The molecule has 25 nitrogen and oxygen atoms in total. The fraction of sp³-hybridized carbons (Fsp3) is 0.735. The normalized spacial score (nSPS) is 26.4. The number of ether oxygens (including phenoxy) is 1. The van der Waals surface area contributed by atoms with Gasteiger partial charge in [0.1, 0.15) is 60.2 Å². The second-order valence-corrected chi connectivity index (χ2v) is 27.2. The third-order valence-electron chi connectivity index (χ3n) is 19.8. The van der Waals surface area contributed by atoms with Crippen molar-refractivity contribution in [1.82, 2.24) is 60.0 Å². The summed E-state index contributed by atoms with van der Waals surface area (Å²) in [5.74, 6) is -10.3. The molecule has 29 heteroatoms. The SMILES string of the molecule is CCCOC[C@H]1C(=O)N(C)CC(=O)N[C@@H](CCc2ccc(C(F)(F)F)c(F)c2)C(=O)N2CCC[C@H]2C(=O)NCCCCC(=O)N(C)[C@@H]([C@@H](C)CC)C(=O)N(C)[C@H](C(=O)N2CCCC2)CC(=O)N(C)[C@@H](CC(C)C)C(=O)N[C@@H]([C@@H](C)CC)C(=O)N(C)[C@@H](C)C(=O)N2CC[C@H]2C(=O)N1C. The van der Waals surface area contributed by atoms with Crippen molar-refractivity contribution in [3.63, 3.8) is 0 Å². The number of hydrogen-bond acceptors (Lipinski definition) is 13. The Hall–Kier alpha value is -7.46. The van der Waals surface area contributed by atoms with E-state index in [-0.39, 0.29) is 95.7 Å². The molecule has 0 bridgehead atoms. The Bertz CT molecular complexity index is 2970. The van der Waals surface area contributed by atoms with Crippen LogP contribution >= 0.6 is 0 Å². The van der Waals surface area contributed by atoms with Crippen molar-refractivity contribution in [3.8, 4) is 0 Å². The Labute approximate surface area is 568 Å². The molecule has 4 fully saturated rings. The predicted octanol–water partition coefficient (Wildman–Crippen LogP) is 3.83. The molecule has 0 unspecified atom stereocenters. The van der Waals surface area contributed by atoms with Crippen LogP contribution in [0.25, 0.3) is 0 Å². The van der Waals surface area contributed by atoms with Gasteiger partial charge in [0.05, 0.1) is 25.1 Å². The maximum Gasteiger partial charge on any atom is 0.419 e. The van der Waals surface area contributed by atoms with Crippen molar-refractivity contribution < 1.29 is 79.8 Å². The van der Waals surface area contributed by atoms with Crippen molar-refractivity contribution in [3.05, 3.63) is 35.1 Å². The topological polar surface area (TPSA) is 279 Å². The fourth-order valence-corrected chi connectivity index (χ4v) is 12.9. The number of hydrogen-bond donors (Lipinski definition) is 3. The third kappa shape index (κ3) is 20.6. The molecule has 0 aliphatic carbocycles. The van der Waals surface area contributed by atoms with Gasteiger partial charge in [-0.2, -0.15) is 13.2 Å². The van der Waals surface area contributed by atoms with E-state index in [1.807, 2.05) is 34.6 Å². The standard InChI is InChI=1S/C68H106F4N12O13/c1-15-35-97-40-53-63(92)76(9)39-54(85)74-48(28-26-45-25-27-46(47(69)37-45)68(70,71)72)62(91)83-33-22-23-49(83)59(88)73-30-19-18-24-55(86)81(14)58(43(7)17-3)67(96)79(12)52(65(94)82-31-20-21-32-82)38-56(87)78(11)51(36-41(4)5)60(89)75-57(42(6)16-2)66(95)77(10)44(8)61(90)84-34-29-50(84)64(93)80(53)13/h25,27,37,41-44,48-53,57-58H,15-24,26,28-36,38-40H2,1-14H3,(H,73,88)(H,74,85)(H,75,89)/t42-,43-,44-,48-,49-,50-,51-,52-,53-,57-,58-/m0/s1. The van der Waals surface area contributed by atoms with Gasteiger partial charge in [0, 0.05) is 88.0 Å². The van der Waals surface area contributed by atoms with E-state index in [2.05, 4.69) is 16.0 Å². The lowest BCUT2D eigenvalue weighted by atomic mass is 9.94. The third-order valence-corrected chi connectivity index (χ3v) is 19.8. The number of amides is 12. The molecule has 5 rings (SSSR count). The van der Waals surface area contributed by atoms with E-state index in [4.69, 9.17) is 4.74 Å². The van der Waals surface area contributed by atoms with Crippen molar-refractivity contribution >= 4 is 70.9 Å². The molecule has 97 heavy (non-hydrogen) atoms. The number of benzene rings is 1. The zero-order chi connectivity index (χ0) is 72.5. The lowest BCUT2D eigenvalue weighted by Crippen LogP contribution is -2.65. The van der Waals surface area contributed by atoms with Crippen molar-refractivity contribution in [2.75, 3.05) is 94.8 Å². The summed E-state index contributed by atoms with van der Waals surface area (Å²) >= 11 is 0. The van der Waals surface area contributed by atoms with E-state index in [0.717, 1.165) is 15.9 Å². The first kappa shape index (κ1) is 80.2. The molecule has 4 saturated heterocycles. The Morgan fingerprint density at radius 3 is 1.89 bits per heavy atom. The molecule has 1 aromatic rings. The summed E-state index contributed by atoms with van der Waals surface area (Å²) in [5, 5.41) is 8.37. The van der Waals surface area contributed by atoms with Crippen molar-refractivity contribution in [1.29, 1.82) is 0 Å². The van der Waals surface area contributed by atoms with Crippen LogP contribution in [0.4, 0.5) is 17.6 Å². The van der Waals surface area contributed by atoms with Crippen LogP contribution in [0, 0.1) is 23.6 Å². The van der Waals surface area contributed by atoms with Gasteiger partial charge in [0.2, 0.25) is 70.9 Å². The highest BCUT2D eigenvalue weighted by Gasteiger charge is 2.47.